The molecule has 0 saturated carbocycles. The van der Waals surface area contributed by atoms with Crippen molar-refractivity contribution < 1.29 is 13.6 Å². The minimum atomic E-state index is -0.493. The van der Waals surface area contributed by atoms with Crippen molar-refractivity contribution >= 4 is 34.3 Å². The Balaban J connectivity index is 1.68. The Labute approximate surface area is 177 Å². The van der Waals surface area contributed by atoms with Crippen LogP contribution in [0.5, 0.6) is 0 Å². The Bertz CT molecular complexity index is 1370. The van der Waals surface area contributed by atoms with E-state index in [2.05, 4.69) is 4.99 Å². The van der Waals surface area contributed by atoms with Crippen LogP contribution in [0.2, 0.25) is 0 Å². The molecule has 0 unspecified atom stereocenters. The van der Waals surface area contributed by atoms with Crippen LogP contribution in [0.3, 0.4) is 0 Å². The van der Waals surface area contributed by atoms with Gasteiger partial charge in [-0.3, -0.25) is 9.69 Å². The lowest BCUT2D eigenvalue weighted by atomic mass is 10.0. The molecule has 1 heterocycles. The summed E-state index contributed by atoms with van der Waals surface area (Å²) in [5.74, 6) is -1.15. The summed E-state index contributed by atoms with van der Waals surface area (Å²) in [6, 6.07) is 25.3. The van der Waals surface area contributed by atoms with Crippen LogP contribution in [0.1, 0.15) is 11.1 Å². The summed E-state index contributed by atoms with van der Waals surface area (Å²) < 4.78 is 28.0. The van der Waals surface area contributed by atoms with Crippen molar-refractivity contribution in [3.63, 3.8) is 0 Å². The van der Waals surface area contributed by atoms with E-state index >= 15 is 0 Å². The minimum Gasteiger partial charge on any atom is -0.266 e. The van der Waals surface area contributed by atoms with Gasteiger partial charge in [-0.2, -0.15) is 0 Å². The monoisotopic (exact) mass is 410 g/mol. The number of anilines is 1. The van der Waals surface area contributed by atoms with Crippen LogP contribution in [0.4, 0.5) is 14.5 Å². The molecule has 150 valence electrons. The van der Waals surface area contributed by atoms with E-state index in [0.29, 0.717) is 5.69 Å². The maximum absolute atomic E-state index is 14.6. The number of rotatable bonds is 3. The largest absolute Gasteiger partial charge is 0.282 e. The predicted molar refractivity (Wildman–Crippen MR) is 119 cm³/mol. The Morgan fingerprint density at radius 2 is 1.48 bits per heavy atom. The van der Waals surface area contributed by atoms with E-state index in [1.54, 1.807) is 24.3 Å². The van der Waals surface area contributed by atoms with Gasteiger partial charge in [0.05, 0.1) is 11.3 Å². The van der Waals surface area contributed by atoms with E-state index in [9.17, 15) is 13.6 Å². The zero-order valence-electron chi connectivity index (χ0n) is 16.3. The number of carbonyl (C=O) groups is 1. The number of hydrogen-bond acceptors (Lipinski definition) is 2. The summed E-state index contributed by atoms with van der Waals surface area (Å²) in [6.45, 7) is 0. The molecular formula is C26H16F2N2O. The summed E-state index contributed by atoms with van der Waals surface area (Å²) in [7, 11) is 0. The highest BCUT2D eigenvalue weighted by Crippen LogP contribution is 2.30. The average molecular weight is 410 g/mol. The Hall–Kier alpha value is -4.12. The van der Waals surface area contributed by atoms with Crippen LogP contribution in [-0.2, 0) is 4.79 Å². The number of nitrogens with zero attached hydrogens (tertiary/aromatic N) is 2. The molecule has 0 saturated heterocycles. The molecule has 4 aromatic rings. The number of amides is 1. The molecule has 5 rings (SSSR count). The highest BCUT2D eigenvalue weighted by atomic mass is 19.1. The molecule has 1 amide bonds. The molecule has 0 atom stereocenters. The first kappa shape index (κ1) is 18.9. The number of benzene rings is 4. The lowest BCUT2D eigenvalue weighted by Gasteiger charge is -2.18. The van der Waals surface area contributed by atoms with Gasteiger partial charge in [0.25, 0.3) is 5.91 Å². The van der Waals surface area contributed by atoms with Crippen LogP contribution in [0.15, 0.2) is 102 Å². The van der Waals surface area contributed by atoms with Gasteiger partial charge in [-0.05, 0) is 58.8 Å². The van der Waals surface area contributed by atoms with Crippen molar-refractivity contribution in [3.8, 4) is 0 Å². The number of aliphatic imine (C=N–C) groups is 1. The zero-order chi connectivity index (χ0) is 21.4. The molecule has 0 fully saturated rings. The highest BCUT2D eigenvalue weighted by molar-refractivity contribution is 6.33. The third-order valence-corrected chi connectivity index (χ3v) is 5.18. The van der Waals surface area contributed by atoms with Crippen molar-refractivity contribution in [2.24, 2.45) is 4.99 Å². The summed E-state index contributed by atoms with van der Waals surface area (Å²) in [5, 5.41) is 2.02. The summed E-state index contributed by atoms with van der Waals surface area (Å²) >= 11 is 0. The first-order valence-electron chi connectivity index (χ1n) is 9.75. The maximum atomic E-state index is 14.6. The van der Waals surface area contributed by atoms with Gasteiger partial charge in [0.15, 0.2) is 5.84 Å². The van der Waals surface area contributed by atoms with Crippen LogP contribution < -0.4 is 4.90 Å². The molecule has 0 spiro atoms. The van der Waals surface area contributed by atoms with E-state index in [4.69, 9.17) is 0 Å². The van der Waals surface area contributed by atoms with E-state index in [1.807, 2.05) is 42.5 Å². The Morgan fingerprint density at radius 1 is 0.774 bits per heavy atom. The first-order chi connectivity index (χ1) is 15.1. The fraction of sp³-hybridized carbons (Fsp3) is 0. The SMILES string of the molecule is O=C1/C(=C\c2cccc3ccccc23)N=C(c2ccccc2F)N1c1ccc(F)cc1. The predicted octanol–water partition coefficient (Wildman–Crippen LogP) is 5.95. The normalized spacial score (nSPS) is 15.0. The van der Waals surface area contributed by atoms with Crippen molar-refractivity contribution in [3.05, 3.63) is 119 Å². The second-order valence-electron chi connectivity index (χ2n) is 7.13. The van der Waals surface area contributed by atoms with Crippen LogP contribution in [0.25, 0.3) is 16.8 Å². The van der Waals surface area contributed by atoms with Gasteiger partial charge < -0.3 is 0 Å². The summed E-state index contributed by atoms with van der Waals surface area (Å²) in [6.07, 6.45) is 1.70. The quantitative estimate of drug-likeness (QED) is 0.384. The Morgan fingerprint density at radius 3 is 2.29 bits per heavy atom. The van der Waals surface area contributed by atoms with Crippen molar-refractivity contribution in [2.75, 3.05) is 4.90 Å². The van der Waals surface area contributed by atoms with E-state index in [-0.39, 0.29) is 17.1 Å². The molecule has 31 heavy (non-hydrogen) atoms. The minimum absolute atomic E-state index is 0.168. The second-order valence-corrected chi connectivity index (χ2v) is 7.13. The van der Waals surface area contributed by atoms with Gasteiger partial charge in [0.1, 0.15) is 17.3 Å². The summed E-state index contributed by atoms with van der Waals surface area (Å²) in [5.41, 5.74) is 1.62. The van der Waals surface area contributed by atoms with Crippen molar-refractivity contribution in [2.45, 2.75) is 0 Å². The lowest BCUT2D eigenvalue weighted by Crippen LogP contribution is -2.33. The van der Waals surface area contributed by atoms with Gasteiger partial charge in [-0.25, -0.2) is 13.8 Å². The van der Waals surface area contributed by atoms with Gasteiger partial charge in [0.2, 0.25) is 0 Å². The van der Waals surface area contributed by atoms with Gasteiger partial charge in [-0.15, -0.1) is 0 Å². The number of fused-ring (bicyclic) bond motifs is 1. The molecule has 0 aromatic heterocycles. The number of hydrogen-bond donors (Lipinski definition) is 0. The maximum Gasteiger partial charge on any atom is 0.282 e. The second kappa shape index (κ2) is 7.61. The summed E-state index contributed by atoms with van der Waals surface area (Å²) in [4.78, 5) is 19.2. The topological polar surface area (TPSA) is 32.7 Å². The van der Waals surface area contributed by atoms with Crippen molar-refractivity contribution in [1.82, 2.24) is 0 Å². The fourth-order valence-electron chi connectivity index (χ4n) is 3.69. The number of amidine groups is 1. The van der Waals surface area contributed by atoms with Gasteiger partial charge >= 0.3 is 0 Å². The molecule has 0 bridgehead atoms. The zero-order valence-corrected chi connectivity index (χ0v) is 16.3. The molecule has 5 heteroatoms. The molecule has 1 aliphatic heterocycles. The van der Waals surface area contributed by atoms with Crippen LogP contribution in [-0.4, -0.2) is 11.7 Å². The smallest absolute Gasteiger partial charge is 0.266 e. The van der Waals surface area contributed by atoms with E-state index in [1.165, 1.54) is 35.2 Å². The van der Waals surface area contributed by atoms with E-state index in [0.717, 1.165) is 16.3 Å². The third-order valence-electron chi connectivity index (χ3n) is 5.18. The number of carbonyl (C=O) groups excluding carboxylic acids is 1. The molecule has 0 radical (unpaired) electrons. The standard InChI is InChI=1S/C26H16F2N2O/c27-19-12-14-20(15-13-19)30-25(22-10-3-4-11-23(22)28)29-24(26(30)31)16-18-8-5-7-17-6-1-2-9-21(17)18/h1-16H/b24-16+. The van der Waals surface area contributed by atoms with Crippen molar-refractivity contribution in [1.29, 1.82) is 0 Å². The average Bonchev–Trinajstić information content (AvgIpc) is 3.11. The lowest BCUT2D eigenvalue weighted by molar-refractivity contribution is -0.113. The number of halogens is 2. The van der Waals surface area contributed by atoms with Crippen LogP contribution in [0, 0.1) is 11.6 Å². The van der Waals surface area contributed by atoms with Gasteiger partial charge in [0, 0.05) is 0 Å². The van der Waals surface area contributed by atoms with Crippen LogP contribution >= 0.6 is 0 Å². The fourth-order valence-corrected chi connectivity index (χ4v) is 3.69. The van der Waals surface area contributed by atoms with Gasteiger partial charge in [-0.1, -0.05) is 54.6 Å². The first-order valence-corrected chi connectivity index (χ1v) is 9.75. The molecular weight excluding hydrogens is 394 g/mol. The Kier molecular flexibility index (Phi) is 4.64. The molecule has 0 N–H and O–H groups in total. The van der Waals surface area contributed by atoms with E-state index < -0.39 is 17.5 Å². The highest BCUT2D eigenvalue weighted by Gasteiger charge is 2.33. The third kappa shape index (κ3) is 3.40. The molecule has 1 aliphatic rings. The molecule has 4 aromatic carbocycles. The molecule has 3 nitrogen and oxygen atoms in total. The molecule has 0 aliphatic carbocycles.